The average Bonchev–Trinajstić information content (AvgIpc) is 3.64. The van der Waals surface area contributed by atoms with Crippen LogP contribution in [0.3, 0.4) is 0 Å². The van der Waals surface area contributed by atoms with E-state index >= 15 is 0 Å². The molecule has 11 heteroatoms. The summed E-state index contributed by atoms with van der Waals surface area (Å²) in [6, 6.07) is 13.0. The van der Waals surface area contributed by atoms with Crippen LogP contribution in [0.2, 0.25) is 0 Å². The summed E-state index contributed by atoms with van der Waals surface area (Å²) in [4.78, 5) is 14.5. The Morgan fingerprint density at radius 2 is 1.84 bits per heavy atom. The second kappa shape index (κ2) is 13.8. The number of benzene rings is 2. The van der Waals surface area contributed by atoms with E-state index in [1.165, 1.54) is 11.7 Å². The summed E-state index contributed by atoms with van der Waals surface area (Å²) in [6.45, 7) is 1.10. The zero-order valence-corrected chi connectivity index (χ0v) is 25.4. The Morgan fingerprint density at radius 1 is 1.05 bits per heavy atom. The van der Waals surface area contributed by atoms with Gasteiger partial charge in [0.25, 0.3) is 5.91 Å². The van der Waals surface area contributed by atoms with Gasteiger partial charge in [-0.3, -0.25) is 9.69 Å². The standard InChI is InChI=1S/C33H40F3N5O3/c1-37-32(42)22-9-14-29(31(18-22)44-3)38-16-5-6-25-19-27-28(7-4-8-30(27)41(25)21-33(34,35)36)39-23-10-12-24(13-11-23)40-17-15-26(20-40)43-2/h4,7-9,14,18-19,23-24,26,38-39H,10-13,15-17,20-21H2,1-3H3,(H,37,42)/t23-,24+,26?. The first-order valence-electron chi connectivity index (χ1n) is 15.0. The smallest absolute Gasteiger partial charge is 0.406 e. The molecule has 2 heterocycles. The molecule has 1 aliphatic carbocycles. The fourth-order valence-corrected chi connectivity index (χ4v) is 6.34. The highest BCUT2D eigenvalue weighted by atomic mass is 19.4. The molecule has 2 fully saturated rings. The van der Waals surface area contributed by atoms with Crippen molar-refractivity contribution in [2.24, 2.45) is 0 Å². The molecule has 0 bridgehead atoms. The molecule has 1 aromatic heterocycles. The molecule has 3 aromatic rings. The number of alkyl halides is 3. The fraction of sp³-hybridized carbons (Fsp3) is 0.485. The number of carbonyl (C=O) groups is 1. The van der Waals surface area contributed by atoms with Crippen molar-refractivity contribution in [3.05, 3.63) is 53.7 Å². The van der Waals surface area contributed by atoms with Crippen molar-refractivity contribution < 1.29 is 27.4 Å². The summed E-state index contributed by atoms with van der Waals surface area (Å²) in [6.07, 6.45) is 1.17. The molecule has 1 amide bonds. The van der Waals surface area contributed by atoms with Gasteiger partial charge < -0.3 is 30.0 Å². The Balaban J connectivity index is 1.30. The topological polar surface area (TPSA) is 79.8 Å². The van der Waals surface area contributed by atoms with E-state index in [1.54, 1.807) is 50.6 Å². The number of hydrogen-bond donors (Lipinski definition) is 3. The maximum atomic E-state index is 13.7. The van der Waals surface area contributed by atoms with Gasteiger partial charge in [0, 0.05) is 56.0 Å². The number of anilines is 2. The lowest BCUT2D eigenvalue weighted by atomic mass is 9.90. The highest BCUT2D eigenvalue weighted by Gasteiger charge is 2.32. The number of carbonyl (C=O) groups excluding carboxylic acids is 1. The average molecular weight is 612 g/mol. The number of likely N-dealkylation sites (tertiary alicyclic amines) is 1. The van der Waals surface area contributed by atoms with Gasteiger partial charge in [0.15, 0.2) is 0 Å². The van der Waals surface area contributed by atoms with E-state index in [0.717, 1.165) is 56.3 Å². The van der Waals surface area contributed by atoms with Crippen LogP contribution in [-0.4, -0.2) is 80.6 Å². The van der Waals surface area contributed by atoms with Crippen LogP contribution in [0.25, 0.3) is 10.9 Å². The van der Waals surface area contributed by atoms with Gasteiger partial charge in [0.2, 0.25) is 0 Å². The quantitative estimate of drug-likeness (QED) is 0.278. The molecule has 3 N–H and O–H groups in total. The lowest BCUT2D eigenvalue weighted by molar-refractivity contribution is -0.140. The van der Waals surface area contributed by atoms with Crippen molar-refractivity contribution >= 4 is 28.2 Å². The number of aromatic nitrogens is 1. The van der Waals surface area contributed by atoms with E-state index < -0.39 is 12.7 Å². The van der Waals surface area contributed by atoms with Crippen LogP contribution in [0.1, 0.15) is 48.2 Å². The lowest BCUT2D eigenvalue weighted by Crippen LogP contribution is -2.39. The molecule has 1 saturated carbocycles. The first kappa shape index (κ1) is 31.5. The fourth-order valence-electron chi connectivity index (χ4n) is 6.34. The van der Waals surface area contributed by atoms with Crippen LogP contribution in [0, 0.1) is 11.8 Å². The Kier molecular flexibility index (Phi) is 9.91. The molecule has 1 atom stereocenters. The largest absolute Gasteiger partial charge is 0.495 e. The number of nitrogens with zero attached hydrogens (tertiary/aromatic N) is 2. The van der Waals surface area contributed by atoms with E-state index in [4.69, 9.17) is 9.47 Å². The predicted molar refractivity (Wildman–Crippen MR) is 166 cm³/mol. The van der Waals surface area contributed by atoms with Crippen LogP contribution in [0.15, 0.2) is 42.5 Å². The molecule has 2 aliphatic rings. The van der Waals surface area contributed by atoms with Gasteiger partial charge in [-0.25, -0.2) is 0 Å². The highest BCUT2D eigenvalue weighted by molar-refractivity contribution is 5.95. The maximum absolute atomic E-state index is 13.7. The number of fused-ring (bicyclic) bond motifs is 1. The second-order valence-corrected chi connectivity index (χ2v) is 11.4. The molecule has 44 heavy (non-hydrogen) atoms. The van der Waals surface area contributed by atoms with Crippen molar-refractivity contribution in [1.82, 2.24) is 14.8 Å². The van der Waals surface area contributed by atoms with Crippen molar-refractivity contribution in [3.8, 4) is 17.6 Å². The van der Waals surface area contributed by atoms with Gasteiger partial charge in [0.05, 0.1) is 36.7 Å². The van der Waals surface area contributed by atoms with Gasteiger partial charge in [-0.2, -0.15) is 13.2 Å². The first-order chi connectivity index (χ1) is 21.2. The van der Waals surface area contributed by atoms with Crippen LogP contribution >= 0.6 is 0 Å². The zero-order chi connectivity index (χ0) is 31.3. The second-order valence-electron chi connectivity index (χ2n) is 11.4. The summed E-state index contributed by atoms with van der Waals surface area (Å²) >= 11 is 0. The molecule has 1 unspecified atom stereocenters. The molecule has 0 spiro atoms. The number of nitrogens with one attached hydrogen (secondary N) is 3. The third kappa shape index (κ3) is 7.42. The summed E-state index contributed by atoms with van der Waals surface area (Å²) in [7, 11) is 4.82. The SMILES string of the molecule is CNC(=O)c1ccc(NCC#Cc2cc3c(N[C@H]4CC[C@@H](N5CCC(OC)C5)CC4)cccc3n2CC(F)(F)F)c(OC)c1. The number of rotatable bonds is 9. The summed E-state index contributed by atoms with van der Waals surface area (Å²) in [5, 5.41) is 10.1. The molecular formula is C33H40F3N5O3. The van der Waals surface area contributed by atoms with E-state index in [2.05, 4.69) is 32.7 Å². The summed E-state index contributed by atoms with van der Waals surface area (Å²) in [5.74, 6) is 6.13. The van der Waals surface area contributed by atoms with Crippen LogP contribution < -0.4 is 20.7 Å². The molecule has 2 aromatic carbocycles. The molecule has 5 rings (SSSR count). The van der Waals surface area contributed by atoms with Gasteiger partial charge in [-0.05, 0) is 74.4 Å². The minimum Gasteiger partial charge on any atom is -0.495 e. The number of amides is 1. The monoisotopic (exact) mass is 611 g/mol. The molecule has 236 valence electrons. The lowest BCUT2D eigenvalue weighted by Gasteiger charge is -2.35. The Bertz CT molecular complexity index is 1520. The normalized spacial score (nSPS) is 20.6. The van der Waals surface area contributed by atoms with Crippen LogP contribution in [0.4, 0.5) is 24.5 Å². The van der Waals surface area contributed by atoms with E-state index in [0.29, 0.717) is 40.4 Å². The van der Waals surface area contributed by atoms with Gasteiger partial charge in [0.1, 0.15) is 12.3 Å². The molecule has 1 aliphatic heterocycles. The predicted octanol–water partition coefficient (Wildman–Crippen LogP) is 5.48. The maximum Gasteiger partial charge on any atom is 0.406 e. The molecular weight excluding hydrogens is 571 g/mol. The summed E-state index contributed by atoms with van der Waals surface area (Å²) < 4.78 is 53.2. The van der Waals surface area contributed by atoms with E-state index in [1.807, 2.05) is 6.07 Å². The molecule has 1 saturated heterocycles. The third-order valence-electron chi connectivity index (χ3n) is 8.64. The van der Waals surface area contributed by atoms with Gasteiger partial charge >= 0.3 is 6.18 Å². The minimum absolute atomic E-state index is 0.166. The Labute approximate surface area is 256 Å². The Morgan fingerprint density at radius 3 is 2.52 bits per heavy atom. The van der Waals surface area contributed by atoms with Crippen molar-refractivity contribution in [1.29, 1.82) is 0 Å². The number of hydrogen-bond acceptors (Lipinski definition) is 6. The number of halogens is 3. The van der Waals surface area contributed by atoms with Crippen LogP contribution in [0.5, 0.6) is 5.75 Å². The highest BCUT2D eigenvalue weighted by Crippen LogP contribution is 2.33. The van der Waals surface area contributed by atoms with E-state index in [-0.39, 0.29) is 18.5 Å². The van der Waals surface area contributed by atoms with Crippen LogP contribution in [-0.2, 0) is 11.3 Å². The molecule has 0 radical (unpaired) electrons. The van der Waals surface area contributed by atoms with Gasteiger partial charge in [-0.15, -0.1) is 0 Å². The third-order valence-corrected chi connectivity index (χ3v) is 8.64. The van der Waals surface area contributed by atoms with Gasteiger partial charge in [-0.1, -0.05) is 12.0 Å². The summed E-state index contributed by atoms with van der Waals surface area (Å²) in [5.41, 5.74) is 2.68. The van der Waals surface area contributed by atoms with Crippen molar-refractivity contribution in [2.45, 2.75) is 63.0 Å². The zero-order valence-electron chi connectivity index (χ0n) is 25.4. The van der Waals surface area contributed by atoms with Crippen molar-refractivity contribution in [2.75, 3.05) is 51.5 Å². The molecule has 8 nitrogen and oxygen atoms in total. The Hall–Kier alpha value is -3.88. The minimum atomic E-state index is -4.40. The van der Waals surface area contributed by atoms with E-state index in [9.17, 15) is 18.0 Å². The number of ether oxygens (including phenoxy) is 2. The number of methoxy groups -OCH3 is 2. The first-order valence-corrected chi connectivity index (χ1v) is 15.0. The van der Waals surface area contributed by atoms with Crippen molar-refractivity contribution in [3.63, 3.8) is 0 Å².